The van der Waals surface area contributed by atoms with Crippen LogP contribution in [0.5, 0.6) is 0 Å². The number of hydrogen-bond donors (Lipinski definition) is 2. The molecular formula is C9H20O6S2. The lowest BCUT2D eigenvalue weighted by molar-refractivity contribution is 0.449. The van der Waals surface area contributed by atoms with Crippen LogP contribution in [0.25, 0.3) is 0 Å². The maximum Gasteiger partial charge on any atom is 0.267 e. The van der Waals surface area contributed by atoms with E-state index in [4.69, 9.17) is 9.11 Å². The molecule has 0 aromatic carbocycles. The first kappa shape index (κ1) is 16.8. The molecule has 0 aromatic rings. The molecule has 104 valence electrons. The molecule has 2 N–H and O–H groups in total. The Kier molecular flexibility index (Phi) is 7.22. The highest BCUT2D eigenvalue weighted by atomic mass is 32.2. The second-order valence-electron chi connectivity index (χ2n) is 4.06. The van der Waals surface area contributed by atoms with Crippen LogP contribution >= 0.6 is 0 Å². The first-order chi connectivity index (χ1) is 7.67. The Morgan fingerprint density at radius 3 is 1.94 bits per heavy atom. The Morgan fingerprint density at radius 1 is 0.941 bits per heavy atom. The van der Waals surface area contributed by atoms with Crippen molar-refractivity contribution in [3.8, 4) is 0 Å². The van der Waals surface area contributed by atoms with Gasteiger partial charge in [-0.15, -0.1) is 0 Å². The summed E-state index contributed by atoms with van der Waals surface area (Å²) in [6.07, 6.45) is 3.37. The summed E-state index contributed by atoms with van der Waals surface area (Å²) in [6, 6.07) is 0. The largest absolute Gasteiger partial charge is 0.286 e. The minimum atomic E-state index is -4.25. The van der Waals surface area contributed by atoms with Crippen LogP contribution in [0.3, 0.4) is 0 Å². The molecule has 0 radical (unpaired) electrons. The quantitative estimate of drug-likeness (QED) is 0.491. The smallest absolute Gasteiger partial charge is 0.267 e. The standard InChI is InChI=1S/C9H20O6S2/c1-2-3-4-5-6-9(17(13,14)15)7-8-16(10,11)12/h9H,2-8H2,1H3,(H,10,11,12)(H,13,14,15). The van der Waals surface area contributed by atoms with E-state index in [2.05, 4.69) is 0 Å². The second-order valence-corrected chi connectivity index (χ2v) is 7.33. The molecule has 0 spiro atoms. The molecule has 0 fully saturated rings. The van der Waals surface area contributed by atoms with Gasteiger partial charge in [0.1, 0.15) is 0 Å². The van der Waals surface area contributed by atoms with E-state index in [0.29, 0.717) is 6.42 Å². The second kappa shape index (κ2) is 7.30. The van der Waals surface area contributed by atoms with Gasteiger partial charge in [-0.25, -0.2) is 0 Å². The van der Waals surface area contributed by atoms with Crippen LogP contribution in [0.4, 0.5) is 0 Å². The first-order valence-electron chi connectivity index (χ1n) is 5.58. The molecule has 17 heavy (non-hydrogen) atoms. The lowest BCUT2D eigenvalue weighted by atomic mass is 10.1. The number of hydrogen-bond acceptors (Lipinski definition) is 4. The van der Waals surface area contributed by atoms with Crippen molar-refractivity contribution in [3.05, 3.63) is 0 Å². The molecular weight excluding hydrogens is 268 g/mol. The van der Waals surface area contributed by atoms with Gasteiger partial charge >= 0.3 is 0 Å². The topological polar surface area (TPSA) is 109 Å². The van der Waals surface area contributed by atoms with E-state index in [0.717, 1.165) is 19.3 Å². The van der Waals surface area contributed by atoms with Crippen molar-refractivity contribution < 1.29 is 25.9 Å². The highest BCUT2D eigenvalue weighted by Gasteiger charge is 2.24. The fourth-order valence-corrected chi connectivity index (χ4v) is 3.13. The summed E-state index contributed by atoms with van der Waals surface area (Å²) in [5.41, 5.74) is 0. The third-order valence-electron chi connectivity index (χ3n) is 2.50. The molecule has 0 saturated carbocycles. The molecule has 8 heteroatoms. The van der Waals surface area contributed by atoms with Gasteiger partial charge in [0.2, 0.25) is 0 Å². The van der Waals surface area contributed by atoms with Crippen molar-refractivity contribution in [1.82, 2.24) is 0 Å². The lowest BCUT2D eigenvalue weighted by Crippen LogP contribution is -2.23. The van der Waals surface area contributed by atoms with Crippen molar-refractivity contribution in [3.63, 3.8) is 0 Å². The molecule has 0 aliphatic rings. The predicted molar refractivity (Wildman–Crippen MR) is 65.1 cm³/mol. The Hall–Kier alpha value is -0.180. The summed E-state index contributed by atoms with van der Waals surface area (Å²) in [7, 11) is -8.44. The number of unbranched alkanes of at least 4 members (excludes halogenated alkanes) is 3. The molecule has 1 atom stereocenters. The fraction of sp³-hybridized carbons (Fsp3) is 1.00. The molecule has 1 unspecified atom stereocenters. The van der Waals surface area contributed by atoms with Gasteiger partial charge in [-0.3, -0.25) is 9.11 Å². The Morgan fingerprint density at radius 2 is 1.53 bits per heavy atom. The van der Waals surface area contributed by atoms with Crippen LogP contribution in [0.2, 0.25) is 0 Å². The SMILES string of the molecule is CCCCCCC(CCS(=O)(=O)O)S(=O)(=O)O. The van der Waals surface area contributed by atoms with Crippen LogP contribution < -0.4 is 0 Å². The van der Waals surface area contributed by atoms with Crippen LogP contribution in [0.1, 0.15) is 45.4 Å². The molecule has 0 aliphatic heterocycles. The zero-order valence-electron chi connectivity index (χ0n) is 9.87. The molecule has 0 aliphatic carbocycles. The molecule has 0 rings (SSSR count). The van der Waals surface area contributed by atoms with E-state index in [1.165, 1.54) is 0 Å². The summed E-state index contributed by atoms with van der Waals surface area (Å²) in [5, 5.41) is -1.11. The van der Waals surface area contributed by atoms with Crippen LogP contribution in [0, 0.1) is 0 Å². The first-order valence-corrected chi connectivity index (χ1v) is 8.69. The monoisotopic (exact) mass is 288 g/mol. The average Bonchev–Trinajstić information content (AvgIpc) is 2.13. The summed E-state index contributed by atoms with van der Waals surface area (Å²) in [4.78, 5) is 0. The summed E-state index contributed by atoms with van der Waals surface area (Å²) in [5.74, 6) is -0.648. The Labute approximate surface area is 103 Å². The zero-order chi connectivity index (χ0) is 13.5. The molecule has 0 heterocycles. The van der Waals surface area contributed by atoms with E-state index >= 15 is 0 Å². The minimum Gasteiger partial charge on any atom is -0.286 e. The van der Waals surface area contributed by atoms with Gasteiger partial charge in [-0.2, -0.15) is 16.8 Å². The van der Waals surface area contributed by atoms with E-state index in [9.17, 15) is 16.8 Å². The van der Waals surface area contributed by atoms with Gasteiger partial charge in [0.05, 0.1) is 11.0 Å². The van der Waals surface area contributed by atoms with Crippen molar-refractivity contribution in [2.75, 3.05) is 5.75 Å². The highest BCUT2D eigenvalue weighted by molar-refractivity contribution is 7.87. The van der Waals surface area contributed by atoms with Crippen molar-refractivity contribution in [1.29, 1.82) is 0 Å². The zero-order valence-corrected chi connectivity index (χ0v) is 11.5. The molecule has 0 amide bonds. The number of rotatable bonds is 9. The minimum absolute atomic E-state index is 0.217. The van der Waals surface area contributed by atoms with Crippen molar-refractivity contribution in [2.45, 2.75) is 50.7 Å². The van der Waals surface area contributed by atoms with Crippen LogP contribution in [0.15, 0.2) is 0 Å². The third-order valence-corrected chi connectivity index (χ3v) is 4.56. The molecule has 0 aromatic heterocycles. The van der Waals surface area contributed by atoms with Crippen LogP contribution in [-0.2, 0) is 20.2 Å². The maximum atomic E-state index is 11.0. The van der Waals surface area contributed by atoms with Crippen LogP contribution in [-0.4, -0.2) is 36.9 Å². The Balaban J connectivity index is 4.27. The predicted octanol–water partition coefficient (Wildman–Crippen LogP) is 1.49. The summed E-state index contributed by atoms with van der Waals surface area (Å²) >= 11 is 0. The van der Waals surface area contributed by atoms with Crippen molar-refractivity contribution >= 4 is 20.2 Å². The van der Waals surface area contributed by atoms with E-state index < -0.39 is 31.2 Å². The molecule has 6 nitrogen and oxygen atoms in total. The molecule has 0 saturated heterocycles. The van der Waals surface area contributed by atoms with Gasteiger partial charge in [0, 0.05) is 0 Å². The van der Waals surface area contributed by atoms with Gasteiger partial charge in [-0.05, 0) is 12.8 Å². The Bertz CT molecular complexity index is 397. The van der Waals surface area contributed by atoms with Crippen molar-refractivity contribution in [2.24, 2.45) is 0 Å². The fourth-order valence-electron chi connectivity index (χ4n) is 1.52. The van der Waals surface area contributed by atoms with Gasteiger partial charge < -0.3 is 0 Å². The van der Waals surface area contributed by atoms with E-state index in [-0.39, 0.29) is 12.8 Å². The van der Waals surface area contributed by atoms with Gasteiger partial charge in [0.25, 0.3) is 20.2 Å². The van der Waals surface area contributed by atoms with E-state index in [1.54, 1.807) is 0 Å². The summed E-state index contributed by atoms with van der Waals surface area (Å²) in [6.45, 7) is 2.01. The summed E-state index contributed by atoms with van der Waals surface area (Å²) < 4.78 is 60.5. The molecule has 0 bridgehead atoms. The lowest BCUT2D eigenvalue weighted by Gasteiger charge is -2.12. The third kappa shape index (κ3) is 9.51. The van der Waals surface area contributed by atoms with Gasteiger partial charge in [-0.1, -0.05) is 32.6 Å². The highest BCUT2D eigenvalue weighted by Crippen LogP contribution is 2.15. The van der Waals surface area contributed by atoms with E-state index in [1.807, 2.05) is 6.92 Å². The van der Waals surface area contributed by atoms with Gasteiger partial charge in [0.15, 0.2) is 0 Å². The maximum absolute atomic E-state index is 11.0. The normalized spacial score (nSPS) is 14.8. The average molecular weight is 288 g/mol.